The van der Waals surface area contributed by atoms with Gasteiger partial charge in [-0.05, 0) is 30.7 Å². The Morgan fingerprint density at radius 3 is 2.86 bits per heavy atom. The van der Waals surface area contributed by atoms with E-state index in [1.54, 1.807) is 6.07 Å². The standard InChI is InChI=1S/C14H12BrN5O/c1-8-12(9-3-2-4-10(15)7-9)13(20-18-8)17-14(21)11-5-6-16-19-11/h2-7H,1H3,(H,16,19)(H2,17,18,20,21). The molecule has 1 amide bonds. The van der Waals surface area contributed by atoms with E-state index in [2.05, 4.69) is 41.6 Å². The summed E-state index contributed by atoms with van der Waals surface area (Å²) < 4.78 is 0.964. The summed E-state index contributed by atoms with van der Waals surface area (Å²) in [4.78, 5) is 12.1. The molecular weight excluding hydrogens is 334 g/mol. The Bertz CT molecular complexity index is 779. The number of nitrogens with zero attached hydrogens (tertiary/aromatic N) is 2. The van der Waals surface area contributed by atoms with Crippen LogP contribution in [0.4, 0.5) is 5.82 Å². The highest BCUT2D eigenvalue weighted by molar-refractivity contribution is 9.10. The smallest absolute Gasteiger partial charge is 0.274 e. The summed E-state index contributed by atoms with van der Waals surface area (Å²) in [5.41, 5.74) is 3.10. The number of hydrogen-bond donors (Lipinski definition) is 3. The molecule has 0 aliphatic carbocycles. The number of aryl methyl sites for hydroxylation is 1. The van der Waals surface area contributed by atoms with Gasteiger partial charge in [0.1, 0.15) is 5.69 Å². The lowest BCUT2D eigenvalue weighted by Gasteiger charge is -2.06. The van der Waals surface area contributed by atoms with Crippen molar-refractivity contribution in [1.82, 2.24) is 20.4 Å². The van der Waals surface area contributed by atoms with Gasteiger partial charge in [-0.1, -0.05) is 28.1 Å². The lowest BCUT2D eigenvalue weighted by atomic mass is 10.1. The van der Waals surface area contributed by atoms with Crippen molar-refractivity contribution in [2.75, 3.05) is 5.32 Å². The minimum Gasteiger partial charge on any atom is -0.303 e. The van der Waals surface area contributed by atoms with Gasteiger partial charge in [-0.3, -0.25) is 15.0 Å². The van der Waals surface area contributed by atoms with Crippen molar-refractivity contribution in [3.8, 4) is 11.1 Å². The molecule has 3 rings (SSSR count). The lowest BCUT2D eigenvalue weighted by molar-refractivity contribution is 0.102. The molecule has 0 bridgehead atoms. The van der Waals surface area contributed by atoms with E-state index in [0.717, 1.165) is 21.3 Å². The topological polar surface area (TPSA) is 86.5 Å². The highest BCUT2D eigenvalue weighted by Gasteiger charge is 2.16. The van der Waals surface area contributed by atoms with Crippen molar-refractivity contribution in [1.29, 1.82) is 0 Å². The van der Waals surface area contributed by atoms with Crippen molar-refractivity contribution in [2.45, 2.75) is 6.92 Å². The highest BCUT2D eigenvalue weighted by atomic mass is 79.9. The van der Waals surface area contributed by atoms with Crippen LogP contribution in [0, 0.1) is 6.92 Å². The molecule has 0 saturated heterocycles. The van der Waals surface area contributed by atoms with Gasteiger partial charge >= 0.3 is 0 Å². The third-order valence-corrected chi connectivity index (χ3v) is 3.53. The number of aromatic amines is 2. The van der Waals surface area contributed by atoms with Gasteiger partial charge < -0.3 is 5.32 Å². The number of hydrogen-bond acceptors (Lipinski definition) is 3. The zero-order valence-electron chi connectivity index (χ0n) is 11.1. The number of H-pyrrole nitrogens is 2. The van der Waals surface area contributed by atoms with Gasteiger partial charge in [0.2, 0.25) is 0 Å². The molecule has 0 radical (unpaired) electrons. The SMILES string of the molecule is Cc1[nH]nc(NC(=O)c2ccn[nH]2)c1-c1cccc(Br)c1. The molecule has 0 unspecified atom stereocenters. The van der Waals surface area contributed by atoms with Crippen LogP contribution >= 0.6 is 15.9 Å². The van der Waals surface area contributed by atoms with Gasteiger partial charge in [0.15, 0.2) is 5.82 Å². The molecule has 3 N–H and O–H groups in total. The maximum absolute atomic E-state index is 12.1. The Hall–Kier alpha value is -2.41. The Labute approximate surface area is 129 Å². The van der Waals surface area contributed by atoms with Crippen LogP contribution in [-0.2, 0) is 0 Å². The summed E-state index contributed by atoms with van der Waals surface area (Å²) in [7, 11) is 0. The minimum atomic E-state index is -0.282. The number of carbonyl (C=O) groups is 1. The second-order valence-electron chi connectivity index (χ2n) is 4.51. The van der Waals surface area contributed by atoms with Gasteiger partial charge in [0.05, 0.1) is 0 Å². The fourth-order valence-corrected chi connectivity index (χ4v) is 2.47. The number of rotatable bonds is 3. The fraction of sp³-hybridized carbons (Fsp3) is 0.0714. The van der Waals surface area contributed by atoms with Gasteiger partial charge in [-0.2, -0.15) is 10.2 Å². The molecule has 2 aromatic heterocycles. The van der Waals surface area contributed by atoms with Crippen molar-refractivity contribution in [3.05, 3.63) is 52.4 Å². The van der Waals surface area contributed by atoms with Crippen molar-refractivity contribution in [3.63, 3.8) is 0 Å². The molecule has 106 valence electrons. The van der Waals surface area contributed by atoms with E-state index in [9.17, 15) is 4.79 Å². The highest BCUT2D eigenvalue weighted by Crippen LogP contribution is 2.31. The Balaban J connectivity index is 1.96. The first-order valence-electron chi connectivity index (χ1n) is 6.27. The third-order valence-electron chi connectivity index (χ3n) is 3.04. The molecule has 1 aromatic carbocycles. The molecule has 0 atom stereocenters. The first kappa shape index (κ1) is 13.6. The predicted molar refractivity (Wildman–Crippen MR) is 83.0 cm³/mol. The lowest BCUT2D eigenvalue weighted by Crippen LogP contribution is -2.13. The van der Waals surface area contributed by atoms with E-state index in [0.29, 0.717) is 11.5 Å². The van der Waals surface area contributed by atoms with Crippen molar-refractivity contribution in [2.24, 2.45) is 0 Å². The number of benzene rings is 1. The van der Waals surface area contributed by atoms with E-state index in [-0.39, 0.29) is 5.91 Å². The normalized spacial score (nSPS) is 10.6. The van der Waals surface area contributed by atoms with E-state index in [1.165, 1.54) is 6.20 Å². The van der Waals surface area contributed by atoms with Gasteiger partial charge in [0, 0.05) is 21.9 Å². The monoisotopic (exact) mass is 345 g/mol. The summed E-state index contributed by atoms with van der Waals surface area (Å²) >= 11 is 3.45. The van der Waals surface area contributed by atoms with E-state index >= 15 is 0 Å². The van der Waals surface area contributed by atoms with Gasteiger partial charge in [0.25, 0.3) is 5.91 Å². The van der Waals surface area contributed by atoms with Crippen LogP contribution in [0.25, 0.3) is 11.1 Å². The molecule has 21 heavy (non-hydrogen) atoms. The molecule has 2 heterocycles. The number of halogens is 1. The number of aromatic nitrogens is 4. The molecule has 6 nitrogen and oxygen atoms in total. The van der Waals surface area contributed by atoms with Crippen LogP contribution in [0.15, 0.2) is 41.0 Å². The molecule has 3 aromatic rings. The average molecular weight is 346 g/mol. The average Bonchev–Trinajstić information content (AvgIpc) is 3.09. The largest absolute Gasteiger partial charge is 0.303 e. The van der Waals surface area contributed by atoms with Crippen molar-refractivity contribution < 1.29 is 4.79 Å². The van der Waals surface area contributed by atoms with Crippen LogP contribution in [0.3, 0.4) is 0 Å². The zero-order chi connectivity index (χ0) is 14.8. The Morgan fingerprint density at radius 2 is 2.14 bits per heavy atom. The summed E-state index contributed by atoms with van der Waals surface area (Å²) in [5.74, 6) is 0.209. The van der Waals surface area contributed by atoms with Crippen LogP contribution in [0.2, 0.25) is 0 Å². The van der Waals surface area contributed by atoms with Crippen molar-refractivity contribution >= 4 is 27.7 Å². The van der Waals surface area contributed by atoms with E-state index < -0.39 is 0 Å². The second kappa shape index (κ2) is 5.53. The molecule has 0 aliphatic rings. The Kier molecular flexibility index (Phi) is 3.57. The first-order chi connectivity index (χ1) is 10.1. The molecule has 0 aliphatic heterocycles. The number of anilines is 1. The molecule has 7 heteroatoms. The summed E-state index contributed by atoms with van der Waals surface area (Å²) in [5, 5.41) is 16.2. The molecule has 0 fully saturated rings. The maximum Gasteiger partial charge on any atom is 0.274 e. The quantitative estimate of drug-likeness (QED) is 0.681. The zero-order valence-corrected chi connectivity index (χ0v) is 12.7. The minimum absolute atomic E-state index is 0.282. The van der Waals surface area contributed by atoms with Crippen LogP contribution in [-0.4, -0.2) is 26.3 Å². The summed E-state index contributed by atoms with van der Waals surface area (Å²) in [6.45, 7) is 1.91. The number of amides is 1. The summed E-state index contributed by atoms with van der Waals surface area (Å²) in [6.07, 6.45) is 1.53. The fourth-order valence-electron chi connectivity index (χ4n) is 2.07. The Morgan fingerprint density at radius 1 is 1.29 bits per heavy atom. The summed E-state index contributed by atoms with van der Waals surface area (Å²) in [6, 6.07) is 9.43. The molecule has 0 spiro atoms. The van der Waals surface area contributed by atoms with Crippen LogP contribution < -0.4 is 5.32 Å². The van der Waals surface area contributed by atoms with Crippen LogP contribution in [0.5, 0.6) is 0 Å². The predicted octanol–water partition coefficient (Wildman–Crippen LogP) is 3.12. The first-order valence-corrected chi connectivity index (χ1v) is 7.06. The van der Waals surface area contributed by atoms with E-state index in [4.69, 9.17) is 0 Å². The second-order valence-corrected chi connectivity index (χ2v) is 5.42. The molecular formula is C14H12BrN5O. The van der Waals surface area contributed by atoms with Crippen LogP contribution in [0.1, 0.15) is 16.2 Å². The maximum atomic E-state index is 12.1. The van der Waals surface area contributed by atoms with Gasteiger partial charge in [-0.25, -0.2) is 0 Å². The number of carbonyl (C=O) groups excluding carboxylic acids is 1. The van der Waals surface area contributed by atoms with E-state index in [1.807, 2.05) is 31.2 Å². The number of nitrogens with one attached hydrogen (secondary N) is 3. The molecule has 0 saturated carbocycles. The van der Waals surface area contributed by atoms with Gasteiger partial charge in [-0.15, -0.1) is 0 Å². The third kappa shape index (κ3) is 2.73.